The average Bonchev–Trinajstić information content (AvgIpc) is 2.90. The van der Waals surface area contributed by atoms with E-state index in [1.54, 1.807) is 18.2 Å². The van der Waals surface area contributed by atoms with Crippen LogP contribution in [0.2, 0.25) is 0 Å². The van der Waals surface area contributed by atoms with Crippen LogP contribution in [0.1, 0.15) is 0 Å². The first-order valence-electron chi connectivity index (χ1n) is 11.1. The van der Waals surface area contributed by atoms with E-state index in [2.05, 4.69) is 5.32 Å². The third kappa shape index (κ3) is 5.78. The molecule has 0 heterocycles. The van der Waals surface area contributed by atoms with Gasteiger partial charge < -0.3 is 10.1 Å². The fraction of sp³-hybridized carbons (Fsp3) is 0.115. The molecule has 1 N–H and O–H groups in total. The average molecular weight is 506 g/mol. The smallest absolute Gasteiger partial charge is 0.271 e. The summed E-state index contributed by atoms with van der Waals surface area (Å²) in [5, 5.41) is 16.0. The number of nitrogens with zero attached hydrogens (tertiary/aromatic N) is 2. The molecular weight excluding hydrogens is 482 g/mol. The molecule has 10 heteroatoms. The van der Waals surface area contributed by atoms with Gasteiger partial charge in [-0.15, -0.1) is 0 Å². The summed E-state index contributed by atoms with van der Waals surface area (Å²) < 4.78 is 33.2. The Kier molecular flexibility index (Phi) is 7.45. The van der Waals surface area contributed by atoms with E-state index in [1.165, 1.54) is 30.3 Å². The van der Waals surface area contributed by atoms with Crippen molar-refractivity contribution in [2.24, 2.45) is 0 Å². The topological polar surface area (TPSA) is 119 Å². The van der Waals surface area contributed by atoms with Gasteiger partial charge in [0.15, 0.2) is 0 Å². The van der Waals surface area contributed by atoms with E-state index in [9.17, 15) is 23.3 Å². The van der Waals surface area contributed by atoms with Crippen molar-refractivity contribution >= 4 is 38.1 Å². The van der Waals surface area contributed by atoms with Crippen LogP contribution in [0.15, 0.2) is 102 Å². The summed E-state index contributed by atoms with van der Waals surface area (Å²) in [6.07, 6.45) is 0. The number of non-ortho nitro benzene ring substituents is 1. The Labute approximate surface area is 208 Å². The van der Waals surface area contributed by atoms with Crippen LogP contribution < -0.4 is 14.4 Å². The highest BCUT2D eigenvalue weighted by Crippen LogP contribution is 2.27. The maximum Gasteiger partial charge on any atom is 0.271 e. The first kappa shape index (κ1) is 24.7. The third-order valence-electron chi connectivity index (χ3n) is 5.36. The minimum absolute atomic E-state index is 0.00983. The van der Waals surface area contributed by atoms with Crippen LogP contribution in [-0.2, 0) is 14.8 Å². The molecule has 0 bridgehead atoms. The van der Waals surface area contributed by atoms with Gasteiger partial charge in [0.25, 0.3) is 15.7 Å². The molecule has 0 aliphatic rings. The van der Waals surface area contributed by atoms with Crippen molar-refractivity contribution in [1.29, 1.82) is 0 Å². The van der Waals surface area contributed by atoms with E-state index < -0.39 is 27.4 Å². The lowest BCUT2D eigenvalue weighted by atomic mass is 10.1. The summed E-state index contributed by atoms with van der Waals surface area (Å²) in [6, 6.07) is 26.3. The van der Waals surface area contributed by atoms with Gasteiger partial charge in [0.2, 0.25) is 5.91 Å². The predicted octanol–water partition coefficient (Wildman–Crippen LogP) is 4.14. The quantitative estimate of drug-likeness (QED) is 0.197. The van der Waals surface area contributed by atoms with Crippen LogP contribution in [0.3, 0.4) is 0 Å². The molecule has 0 aromatic heterocycles. The number of anilines is 1. The zero-order valence-electron chi connectivity index (χ0n) is 19.1. The molecule has 0 aliphatic heterocycles. The molecule has 0 radical (unpaired) electrons. The summed E-state index contributed by atoms with van der Waals surface area (Å²) in [7, 11) is -4.17. The van der Waals surface area contributed by atoms with Crippen LogP contribution >= 0.6 is 0 Å². The number of carbonyl (C=O) groups is 1. The lowest BCUT2D eigenvalue weighted by Gasteiger charge is -2.24. The van der Waals surface area contributed by atoms with E-state index in [4.69, 9.17) is 4.74 Å². The van der Waals surface area contributed by atoms with E-state index in [-0.39, 0.29) is 29.4 Å². The lowest BCUT2D eigenvalue weighted by molar-refractivity contribution is -0.384. The molecule has 0 aliphatic carbocycles. The van der Waals surface area contributed by atoms with Crippen molar-refractivity contribution in [1.82, 2.24) is 5.32 Å². The second-order valence-electron chi connectivity index (χ2n) is 7.81. The molecule has 1 amide bonds. The van der Waals surface area contributed by atoms with Gasteiger partial charge >= 0.3 is 0 Å². The molecule has 4 aromatic rings. The highest BCUT2D eigenvalue weighted by molar-refractivity contribution is 7.92. The van der Waals surface area contributed by atoms with E-state index in [0.717, 1.165) is 21.1 Å². The Morgan fingerprint density at radius 2 is 1.61 bits per heavy atom. The Bertz CT molecular complexity index is 1490. The van der Waals surface area contributed by atoms with Gasteiger partial charge in [-0.2, -0.15) is 0 Å². The second kappa shape index (κ2) is 10.9. The van der Waals surface area contributed by atoms with Crippen LogP contribution in [0.25, 0.3) is 10.8 Å². The molecule has 0 atom stereocenters. The largest absolute Gasteiger partial charge is 0.492 e. The first-order valence-corrected chi connectivity index (χ1v) is 12.5. The Morgan fingerprint density at radius 1 is 0.889 bits per heavy atom. The van der Waals surface area contributed by atoms with Crippen molar-refractivity contribution in [3.05, 3.63) is 107 Å². The number of hydrogen-bond donors (Lipinski definition) is 1. The molecule has 0 saturated carbocycles. The maximum atomic E-state index is 13.3. The highest BCUT2D eigenvalue weighted by Gasteiger charge is 2.28. The minimum Gasteiger partial charge on any atom is -0.492 e. The van der Waals surface area contributed by atoms with Crippen molar-refractivity contribution in [2.45, 2.75) is 4.90 Å². The Morgan fingerprint density at radius 3 is 2.36 bits per heavy atom. The monoisotopic (exact) mass is 505 g/mol. The number of ether oxygens (including phenoxy) is 1. The second-order valence-corrected chi connectivity index (χ2v) is 9.67. The van der Waals surface area contributed by atoms with Crippen molar-refractivity contribution in [2.75, 3.05) is 24.0 Å². The normalized spacial score (nSPS) is 11.1. The molecule has 4 aromatic carbocycles. The molecule has 9 nitrogen and oxygen atoms in total. The summed E-state index contributed by atoms with van der Waals surface area (Å²) in [4.78, 5) is 23.3. The first-order chi connectivity index (χ1) is 17.3. The van der Waals surface area contributed by atoms with Crippen LogP contribution in [0, 0.1) is 10.1 Å². The summed E-state index contributed by atoms with van der Waals surface area (Å²) >= 11 is 0. The number of fused-ring (bicyclic) bond motifs is 1. The van der Waals surface area contributed by atoms with E-state index in [0.29, 0.717) is 5.75 Å². The summed E-state index contributed by atoms with van der Waals surface area (Å²) in [6.45, 7) is -0.249. The number of amides is 1. The van der Waals surface area contributed by atoms with Gasteiger partial charge in [-0.1, -0.05) is 54.6 Å². The number of benzene rings is 4. The van der Waals surface area contributed by atoms with Gasteiger partial charge in [-0.05, 0) is 41.1 Å². The van der Waals surface area contributed by atoms with E-state index in [1.807, 2.05) is 42.5 Å². The Balaban J connectivity index is 1.45. The lowest BCUT2D eigenvalue weighted by Crippen LogP contribution is -2.41. The fourth-order valence-electron chi connectivity index (χ4n) is 3.60. The number of sulfonamides is 1. The molecule has 0 spiro atoms. The predicted molar refractivity (Wildman–Crippen MR) is 137 cm³/mol. The third-order valence-corrected chi connectivity index (χ3v) is 7.15. The number of nitrogens with one attached hydrogen (secondary N) is 1. The fourth-order valence-corrected chi connectivity index (χ4v) is 5.03. The molecule has 0 unspecified atom stereocenters. The molecule has 184 valence electrons. The number of carbonyl (C=O) groups excluding carboxylic acids is 1. The number of nitro benzene ring substituents is 1. The van der Waals surface area contributed by atoms with Gasteiger partial charge in [-0.25, -0.2) is 8.42 Å². The van der Waals surface area contributed by atoms with Crippen LogP contribution in [0.4, 0.5) is 11.4 Å². The highest BCUT2D eigenvalue weighted by atomic mass is 32.2. The molecule has 0 fully saturated rings. The standard InChI is InChI=1S/C26H23N3O6S/c30-26(27-15-16-35-24-14-13-20-7-4-5-8-21(20)17-24)19-28(22-9-6-10-23(18-22)29(31)32)36(33,34)25-11-2-1-3-12-25/h1-14,17-18H,15-16,19H2,(H,27,30). The SMILES string of the molecule is O=C(CN(c1cccc([N+](=O)[O-])c1)S(=O)(=O)c1ccccc1)NCCOc1ccc2ccccc2c1. The molecule has 4 rings (SSSR count). The van der Waals surface area contributed by atoms with Gasteiger partial charge in [0.1, 0.15) is 18.9 Å². The maximum absolute atomic E-state index is 13.3. The van der Waals surface area contributed by atoms with Gasteiger partial charge in [0, 0.05) is 12.1 Å². The molecule has 0 saturated heterocycles. The van der Waals surface area contributed by atoms with Crippen molar-refractivity contribution in [3.8, 4) is 5.75 Å². The van der Waals surface area contributed by atoms with Gasteiger partial charge in [-0.3, -0.25) is 19.2 Å². The number of rotatable bonds is 10. The van der Waals surface area contributed by atoms with E-state index >= 15 is 0 Å². The van der Waals surface area contributed by atoms with Crippen LogP contribution in [-0.4, -0.2) is 38.9 Å². The van der Waals surface area contributed by atoms with Crippen molar-refractivity contribution in [3.63, 3.8) is 0 Å². The zero-order chi connectivity index (χ0) is 25.5. The van der Waals surface area contributed by atoms with Gasteiger partial charge in [0.05, 0.1) is 22.1 Å². The minimum atomic E-state index is -4.17. The zero-order valence-corrected chi connectivity index (χ0v) is 19.9. The van der Waals surface area contributed by atoms with Crippen LogP contribution in [0.5, 0.6) is 5.75 Å². The Hall–Kier alpha value is -4.44. The molecule has 36 heavy (non-hydrogen) atoms. The van der Waals surface area contributed by atoms with Crippen molar-refractivity contribution < 1.29 is 22.9 Å². The summed E-state index contributed by atoms with van der Waals surface area (Å²) in [5.41, 5.74) is -0.277. The number of nitro groups is 1. The molecular formula is C26H23N3O6S. The summed E-state index contributed by atoms with van der Waals surface area (Å²) in [5.74, 6) is 0.0657. The number of hydrogen-bond acceptors (Lipinski definition) is 6.